The van der Waals surface area contributed by atoms with Gasteiger partial charge in [0, 0.05) is 50.4 Å². The molecule has 4 rings (SSSR count). The number of Topliss-reactive ketones (excluding diaryl/α,β-unsaturated/α-hetero) is 1. The number of amides is 2. The molecule has 2 aromatic heterocycles. The van der Waals surface area contributed by atoms with E-state index in [0.29, 0.717) is 50.4 Å². The third-order valence-electron chi connectivity index (χ3n) is 6.04. The Balaban J connectivity index is 1.33. The summed E-state index contributed by atoms with van der Waals surface area (Å²) in [5.74, 6) is -0.243. The number of aromatic nitrogens is 2. The van der Waals surface area contributed by atoms with Crippen LogP contribution in [0.5, 0.6) is 0 Å². The molecule has 0 saturated carbocycles. The second-order valence-corrected chi connectivity index (χ2v) is 7.98. The number of rotatable bonds is 4. The Labute approximate surface area is 176 Å². The van der Waals surface area contributed by atoms with Crippen LogP contribution in [-0.4, -0.2) is 63.5 Å². The van der Waals surface area contributed by atoms with E-state index >= 15 is 0 Å². The van der Waals surface area contributed by atoms with Crippen molar-refractivity contribution < 1.29 is 14.4 Å². The molecule has 156 valence electrons. The number of carbonyl (C=O) groups excluding carboxylic acids is 3. The lowest BCUT2D eigenvalue weighted by molar-refractivity contribution is -0.138. The summed E-state index contributed by atoms with van der Waals surface area (Å²) in [6.45, 7) is 2.26. The van der Waals surface area contributed by atoms with Crippen LogP contribution in [0.1, 0.15) is 46.7 Å². The molecular weight excluding hydrogens is 380 g/mol. The first kappa shape index (κ1) is 20.2. The topological polar surface area (TPSA) is 83.5 Å². The van der Waals surface area contributed by atoms with Crippen LogP contribution in [0.4, 0.5) is 0 Å². The number of hydrogen-bond donors (Lipinski definition) is 0. The van der Waals surface area contributed by atoms with Gasteiger partial charge in [-0.3, -0.25) is 24.4 Å². The van der Waals surface area contributed by atoms with Gasteiger partial charge in [-0.2, -0.15) is 0 Å². The summed E-state index contributed by atoms with van der Waals surface area (Å²) in [5.41, 5.74) is 0.910. The highest BCUT2D eigenvalue weighted by Crippen LogP contribution is 2.26. The standard InChI is InChI=1S/C23H26N4O3/c28-21(19-7-1-3-11-24-19)18-6-5-13-27(16-18)22(29)17-9-14-26(15-10-17)23(30)20-8-2-4-12-25-20/h1-4,7-8,11-12,17-18H,5-6,9-10,13-16H2. The Morgan fingerprint density at radius 3 is 2.07 bits per heavy atom. The number of piperidine rings is 2. The molecule has 0 aliphatic carbocycles. The Morgan fingerprint density at radius 2 is 1.43 bits per heavy atom. The third kappa shape index (κ3) is 4.40. The van der Waals surface area contributed by atoms with Gasteiger partial charge in [-0.15, -0.1) is 0 Å². The zero-order chi connectivity index (χ0) is 20.9. The van der Waals surface area contributed by atoms with E-state index in [-0.39, 0.29) is 29.4 Å². The minimum atomic E-state index is -0.191. The van der Waals surface area contributed by atoms with Gasteiger partial charge in [-0.25, -0.2) is 0 Å². The lowest BCUT2D eigenvalue weighted by Crippen LogP contribution is -2.48. The molecule has 2 amide bonds. The average Bonchev–Trinajstić information content (AvgIpc) is 2.84. The number of likely N-dealkylation sites (tertiary alicyclic amines) is 2. The lowest BCUT2D eigenvalue weighted by Gasteiger charge is -2.37. The SMILES string of the molecule is O=C(c1ccccn1)C1CCCN(C(=O)C2CCN(C(=O)c3ccccn3)CC2)C1. The normalized spacial score (nSPS) is 20.1. The average molecular weight is 406 g/mol. The van der Waals surface area contributed by atoms with Crippen LogP contribution in [0, 0.1) is 11.8 Å². The monoisotopic (exact) mass is 406 g/mol. The largest absolute Gasteiger partial charge is 0.342 e. The van der Waals surface area contributed by atoms with E-state index in [1.807, 2.05) is 11.0 Å². The van der Waals surface area contributed by atoms with Crippen molar-refractivity contribution in [2.45, 2.75) is 25.7 Å². The molecule has 2 aromatic rings. The van der Waals surface area contributed by atoms with Crippen molar-refractivity contribution in [2.75, 3.05) is 26.2 Å². The van der Waals surface area contributed by atoms with Gasteiger partial charge in [0.15, 0.2) is 5.78 Å². The summed E-state index contributed by atoms with van der Waals surface area (Å²) in [7, 11) is 0. The summed E-state index contributed by atoms with van der Waals surface area (Å²) in [6.07, 6.45) is 6.14. The molecule has 0 spiro atoms. The van der Waals surface area contributed by atoms with Crippen LogP contribution >= 0.6 is 0 Å². The van der Waals surface area contributed by atoms with Gasteiger partial charge in [0.2, 0.25) is 5.91 Å². The maximum Gasteiger partial charge on any atom is 0.272 e. The second-order valence-electron chi connectivity index (χ2n) is 7.98. The lowest BCUT2D eigenvalue weighted by atomic mass is 9.89. The van der Waals surface area contributed by atoms with Gasteiger partial charge >= 0.3 is 0 Å². The predicted octanol–water partition coefficient (Wildman–Crippen LogP) is 2.45. The van der Waals surface area contributed by atoms with E-state index < -0.39 is 0 Å². The molecule has 0 N–H and O–H groups in total. The maximum absolute atomic E-state index is 13.1. The highest BCUT2D eigenvalue weighted by atomic mass is 16.2. The van der Waals surface area contributed by atoms with Gasteiger partial charge < -0.3 is 9.80 Å². The Hall–Kier alpha value is -3.09. The predicted molar refractivity (Wildman–Crippen MR) is 111 cm³/mol. The first-order chi connectivity index (χ1) is 14.6. The van der Waals surface area contributed by atoms with Crippen molar-refractivity contribution in [1.29, 1.82) is 0 Å². The van der Waals surface area contributed by atoms with Crippen LogP contribution < -0.4 is 0 Å². The Bertz CT molecular complexity index is 895. The van der Waals surface area contributed by atoms with E-state index in [4.69, 9.17) is 0 Å². The molecule has 2 fully saturated rings. The summed E-state index contributed by atoms with van der Waals surface area (Å²) >= 11 is 0. The van der Waals surface area contributed by atoms with Crippen molar-refractivity contribution in [3.63, 3.8) is 0 Å². The molecule has 0 aromatic carbocycles. The van der Waals surface area contributed by atoms with Crippen LogP contribution in [0.3, 0.4) is 0 Å². The molecule has 7 heteroatoms. The fourth-order valence-corrected chi connectivity index (χ4v) is 4.35. The van der Waals surface area contributed by atoms with Crippen LogP contribution in [-0.2, 0) is 4.79 Å². The number of pyridine rings is 2. The smallest absolute Gasteiger partial charge is 0.272 e. The van der Waals surface area contributed by atoms with Crippen molar-refractivity contribution in [3.05, 3.63) is 60.2 Å². The highest BCUT2D eigenvalue weighted by molar-refractivity contribution is 5.96. The molecule has 2 saturated heterocycles. The molecule has 4 heterocycles. The number of nitrogens with zero attached hydrogens (tertiary/aromatic N) is 4. The van der Waals surface area contributed by atoms with Crippen molar-refractivity contribution >= 4 is 17.6 Å². The zero-order valence-corrected chi connectivity index (χ0v) is 16.9. The number of carbonyl (C=O) groups is 3. The van der Waals surface area contributed by atoms with Gasteiger partial charge in [0.05, 0.1) is 0 Å². The Morgan fingerprint density at radius 1 is 0.767 bits per heavy atom. The first-order valence-electron chi connectivity index (χ1n) is 10.6. The quantitative estimate of drug-likeness (QED) is 0.729. The minimum Gasteiger partial charge on any atom is -0.342 e. The Kier molecular flexibility index (Phi) is 6.16. The maximum atomic E-state index is 13.1. The fraction of sp³-hybridized carbons (Fsp3) is 0.435. The van der Waals surface area contributed by atoms with E-state index in [9.17, 15) is 14.4 Å². The molecule has 30 heavy (non-hydrogen) atoms. The third-order valence-corrected chi connectivity index (χ3v) is 6.04. The van der Waals surface area contributed by atoms with Crippen LogP contribution in [0.25, 0.3) is 0 Å². The summed E-state index contributed by atoms with van der Waals surface area (Å²) < 4.78 is 0. The van der Waals surface area contributed by atoms with E-state index in [1.165, 1.54) is 0 Å². The fourth-order valence-electron chi connectivity index (χ4n) is 4.35. The van der Waals surface area contributed by atoms with Gasteiger partial charge in [-0.1, -0.05) is 12.1 Å². The van der Waals surface area contributed by atoms with Crippen molar-refractivity contribution in [3.8, 4) is 0 Å². The molecule has 2 aliphatic rings. The van der Waals surface area contributed by atoms with Crippen LogP contribution in [0.2, 0.25) is 0 Å². The van der Waals surface area contributed by atoms with Gasteiger partial charge in [0.25, 0.3) is 5.91 Å². The van der Waals surface area contributed by atoms with E-state index in [0.717, 1.165) is 12.8 Å². The van der Waals surface area contributed by atoms with Crippen molar-refractivity contribution in [2.24, 2.45) is 11.8 Å². The number of hydrogen-bond acceptors (Lipinski definition) is 5. The molecule has 7 nitrogen and oxygen atoms in total. The molecule has 1 unspecified atom stereocenters. The first-order valence-corrected chi connectivity index (χ1v) is 10.6. The van der Waals surface area contributed by atoms with Crippen LogP contribution in [0.15, 0.2) is 48.8 Å². The highest BCUT2D eigenvalue weighted by Gasteiger charge is 2.34. The number of ketones is 1. The van der Waals surface area contributed by atoms with E-state index in [2.05, 4.69) is 9.97 Å². The molecular formula is C23H26N4O3. The summed E-state index contributed by atoms with van der Waals surface area (Å²) in [4.78, 5) is 50.3. The summed E-state index contributed by atoms with van der Waals surface area (Å²) in [5, 5.41) is 0. The van der Waals surface area contributed by atoms with Gasteiger partial charge in [-0.05, 0) is 49.9 Å². The molecule has 0 bridgehead atoms. The second kappa shape index (κ2) is 9.15. The summed E-state index contributed by atoms with van der Waals surface area (Å²) in [6, 6.07) is 10.6. The van der Waals surface area contributed by atoms with Gasteiger partial charge in [0.1, 0.15) is 11.4 Å². The van der Waals surface area contributed by atoms with E-state index in [1.54, 1.807) is 47.6 Å². The van der Waals surface area contributed by atoms with Crippen molar-refractivity contribution in [1.82, 2.24) is 19.8 Å². The molecule has 0 radical (unpaired) electrons. The molecule has 1 atom stereocenters. The molecule has 2 aliphatic heterocycles. The zero-order valence-electron chi connectivity index (χ0n) is 16.9. The minimum absolute atomic E-state index is 0.0175.